The molecule has 1 aromatic heterocycles. The standard InChI is InChI=1S/C16H20N2OS/c1-3-17-15-7-4-12-8-13(5-6-14(12)15)19-9-16-18-11(2)10-20-16/h5-6,8,10,15,17H,3-4,7,9H2,1-2H3. The largest absolute Gasteiger partial charge is 0.486 e. The second-order valence-corrected chi connectivity index (χ2v) is 6.12. The van der Waals surface area contributed by atoms with Crippen LogP contribution in [0.3, 0.4) is 0 Å². The van der Waals surface area contributed by atoms with Crippen LogP contribution in [0.1, 0.15) is 41.2 Å². The zero-order chi connectivity index (χ0) is 13.9. The number of hydrogen-bond acceptors (Lipinski definition) is 4. The van der Waals surface area contributed by atoms with Crippen molar-refractivity contribution in [3.8, 4) is 5.75 Å². The predicted octanol–water partition coefficient (Wildman–Crippen LogP) is 3.63. The van der Waals surface area contributed by atoms with Crippen LogP contribution in [-0.2, 0) is 13.0 Å². The topological polar surface area (TPSA) is 34.1 Å². The second-order valence-electron chi connectivity index (χ2n) is 5.18. The molecule has 3 rings (SSSR count). The Bertz CT molecular complexity index is 594. The number of aromatic nitrogens is 1. The molecule has 2 aromatic rings. The van der Waals surface area contributed by atoms with Gasteiger partial charge in [0.15, 0.2) is 0 Å². The van der Waals surface area contributed by atoms with Crippen LogP contribution >= 0.6 is 11.3 Å². The van der Waals surface area contributed by atoms with Gasteiger partial charge in [-0.05, 0) is 49.6 Å². The molecule has 20 heavy (non-hydrogen) atoms. The smallest absolute Gasteiger partial charge is 0.140 e. The Hall–Kier alpha value is -1.39. The molecule has 1 aliphatic carbocycles. The number of thiazole rings is 1. The number of nitrogens with one attached hydrogen (secondary N) is 1. The highest BCUT2D eigenvalue weighted by atomic mass is 32.1. The van der Waals surface area contributed by atoms with Gasteiger partial charge in [-0.3, -0.25) is 0 Å². The van der Waals surface area contributed by atoms with Crippen LogP contribution < -0.4 is 10.1 Å². The molecular weight excluding hydrogens is 268 g/mol. The molecule has 1 aromatic carbocycles. The second kappa shape index (κ2) is 5.94. The summed E-state index contributed by atoms with van der Waals surface area (Å²) in [7, 11) is 0. The Morgan fingerprint density at radius 2 is 2.35 bits per heavy atom. The maximum atomic E-state index is 5.85. The monoisotopic (exact) mass is 288 g/mol. The van der Waals surface area contributed by atoms with Gasteiger partial charge in [0.25, 0.3) is 0 Å². The van der Waals surface area contributed by atoms with Gasteiger partial charge in [0.1, 0.15) is 17.4 Å². The summed E-state index contributed by atoms with van der Waals surface area (Å²) in [5, 5.41) is 6.63. The van der Waals surface area contributed by atoms with Crippen LogP contribution in [0.2, 0.25) is 0 Å². The molecule has 106 valence electrons. The highest BCUT2D eigenvalue weighted by Crippen LogP contribution is 2.33. The quantitative estimate of drug-likeness (QED) is 0.912. The lowest BCUT2D eigenvalue weighted by molar-refractivity contribution is 0.305. The molecule has 0 saturated heterocycles. The third kappa shape index (κ3) is 2.86. The first-order valence-electron chi connectivity index (χ1n) is 7.16. The van der Waals surface area contributed by atoms with Gasteiger partial charge >= 0.3 is 0 Å². The van der Waals surface area contributed by atoms with E-state index in [1.807, 2.05) is 6.92 Å². The number of hydrogen-bond donors (Lipinski definition) is 1. The summed E-state index contributed by atoms with van der Waals surface area (Å²) >= 11 is 1.66. The molecule has 1 aliphatic rings. The van der Waals surface area contributed by atoms with Crippen LogP contribution in [0.4, 0.5) is 0 Å². The fourth-order valence-corrected chi connectivity index (χ4v) is 3.44. The molecule has 0 bridgehead atoms. The van der Waals surface area contributed by atoms with Gasteiger partial charge in [-0.1, -0.05) is 13.0 Å². The lowest BCUT2D eigenvalue weighted by atomic mass is 10.1. The highest BCUT2D eigenvalue weighted by molar-refractivity contribution is 7.09. The van der Waals surface area contributed by atoms with Gasteiger partial charge in [0.05, 0.1) is 0 Å². The Kier molecular flexibility index (Phi) is 4.03. The van der Waals surface area contributed by atoms with E-state index in [4.69, 9.17) is 4.74 Å². The van der Waals surface area contributed by atoms with Crippen molar-refractivity contribution >= 4 is 11.3 Å². The number of aryl methyl sites for hydroxylation is 2. The van der Waals surface area contributed by atoms with Crippen molar-refractivity contribution in [1.29, 1.82) is 0 Å². The summed E-state index contributed by atoms with van der Waals surface area (Å²) in [6.07, 6.45) is 2.33. The Morgan fingerprint density at radius 1 is 1.45 bits per heavy atom. The molecule has 1 atom stereocenters. The summed E-state index contributed by atoms with van der Waals surface area (Å²) < 4.78 is 5.85. The van der Waals surface area contributed by atoms with Gasteiger partial charge in [0.2, 0.25) is 0 Å². The minimum absolute atomic E-state index is 0.519. The Morgan fingerprint density at radius 3 is 3.10 bits per heavy atom. The lowest BCUT2D eigenvalue weighted by Gasteiger charge is -2.12. The minimum Gasteiger partial charge on any atom is -0.486 e. The van der Waals surface area contributed by atoms with Crippen LogP contribution in [-0.4, -0.2) is 11.5 Å². The first-order valence-corrected chi connectivity index (χ1v) is 8.04. The third-order valence-electron chi connectivity index (χ3n) is 3.67. The third-order valence-corrected chi connectivity index (χ3v) is 4.61. The zero-order valence-corrected chi connectivity index (χ0v) is 12.8. The van der Waals surface area contributed by atoms with E-state index in [0.717, 1.165) is 29.4 Å². The molecule has 4 heteroatoms. The summed E-state index contributed by atoms with van der Waals surface area (Å²) in [5.74, 6) is 0.953. The number of benzene rings is 1. The highest BCUT2D eigenvalue weighted by Gasteiger charge is 2.21. The average molecular weight is 288 g/mol. The van der Waals surface area contributed by atoms with E-state index in [1.165, 1.54) is 17.5 Å². The molecule has 0 fully saturated rings. The molecule has 0 saturated carbocycles. The first-order chi connectivity index (χ1) is 9.76. The molecular formula is C16H20N2OS. The molecule has 1 N–H and O–H groups in total. The lowest BCUT2D eigenvalue weighted by Crippen LogP contribution is -2.18. The first kappa shape index (κ1) is 13.6. The Balaban J connectivity index is 1.67. The van der Waals surface area contributed by atoms with Crippen molar-refractivity contribution < 1.29 is 4.74 Å². The average Bonchev–Trinajstić information content (AvgIpc) is 3.04. The van der Waals surface area contributed by atoms with Crippen molar-refractivity contribution in [1.82, 2.24) is 10.3 Å². The van der Waals surface area contributed by atoms with E-state index in [9.17, 15) is 0 Å². The molecule has 0 radical (unpaired) electrons. The van der Waals surface area contributed by atoms with E-state index in [1.54, 1.807) is 11.3 Å². The molecule has 1 unspecified atom stereocenters. The van der Waals surface area contributed by atoms with Crippen LogP contribution in [0.15, 0.2) is 23.6 Å². The zero-order valence-electron chi connectivity index (χ0n) is 12.0. The number of fused-ring (bicyclic) bond motifs is 1. The van der Waals surface area contributed by atoms with Crippen molar-refractivity contribution in [2.75, 3.05) is 6.54 Å². The maximum absolute atomic E-state index is 5.85. The van der Waals surface area contributed by atoms with Crippen LogP contribution in [0, 0.1) is 6.92 Å². The van der Waals surface area contributed by atoms with Gasteiger partial charge in [0, 0.05) is 17.1 Å². The van der Waals surface area contributed by atoms with Crippen LogP contribution in [0.5, 0.6) is 5.75 Å². The molecule has 0 spiro atoms. The fourth-order valence-electron chi connectivity index (χ4n) is 2.76. The van der Waals surface area contributed by atoms with Crippen molar-refractivity contribution in [2.24, 2.45) is 0 Å². The van der Waals surface area contributed by atoms with Gasteiger partial charge in [-0.2, -0.15) is 0 Å². The van der Waals surface area contributed by atoms with Gasteiger partial charge in [-0.15, -0.1) is 11.3 Å². The predicted molar refractivity (Wildman–Crippen MR) is 82.4 cm³/mol. The van der Waals surface area contributed by atoms with E-state index < -0.39 is 0 Å². The van der Waals surface area contributed by atoms with Crippen molar-refractivity contribution in [3.63, 3.8) is 0 Å². The normalized spacial score (nSPS) is 17.2. The fraction of sp³-hybridized carbons (Fsp3) is 0.438. The summed E-state index contributed by atoms with van der Waals surface area (Å²) in [5.41, 5.74) is 3.92. The minimum atomic E-state index is 0.519. The Labute approximate surface area is 124 Å². The van der Waals surface area contributed by atoms with Crippen LogP contribution in [0.25, 0.3) is 0 Å². The summed E-state index contributed by atoms with van der Waals surface area (Å²) in [6.45, 7) is 5.75. The number of nitrogens with zero attached hydrogens (tertiary/aromatic N) is 1. The van der Waals surface area contributed by atoms with Gasteiger partial charge in [-0.25, -0.2) is 4.98 Å². The molecule has 0 amide bonds. The summed E-state index contributed by atoms with van der Waals surface area (Å²) in [4.78, 5) is 4.42. The summed E-state index contributed by atoms with van der Waals surface area (Å²) in [6, 6.07) is 6.99. The van der Waals surface area contributed by atoms with E-state index >= 15 is 0 Å². The van der Waals surface area contributed by atoms with Crippen molar-refractivity contribution in [2.45, 2.75) is 39.3 Å². The molecule has 0 aliphatic heterocycles. The van der Waals surface area contributed by atoms with E-state index in [-0.39, 0.29) is 0 Å². The maximum Gasteiger partial charge on any atom is 0.140 e. The van der Waals surface area contributed by atoms with E-state index in [2.05, 4.69) is 40.8 Å². The molecule has 3 nitrogen and oxygen atoms in total. The van der Waals surface area contributed by atoms with E-state index in [0.29, 0.717) is 12.6 Å². The van der Waals surface area contributed by atoms with Crippen molar-refractivity contribution in [3.05, 3.63) is 45.4 Å². The molecule has 1 heterocycles. The number of ether oxygens (including phenoxy) is 1. The number of rotatable bonds is 5. The van der Waals surface area contributed by atoms with Gasteiger partial charge < -0.3 is 10.1 Å². The SMILES string of the molecule is CCNC1CCc2cc(OCc3nc(C)cs3)ccc21.